The zero-order chi connectivity index (χ0) is 56.5. The molecule has 0 saturated heterocycles. The Morgan fingerprint density at radius 1 is 0.487 bits per heavy atom. The minimum Gasteiger partial charge on any atom is -0.508 e. The van der Waals surface area contributed by atoms with E-state index in [1.807, 2.05) is 0 Å². The summed E-state index contributed by atoms with van der Waals surface area (Å²) in [6.45, 7) is 0.448. The molecule has 0 aliphatic rings. The van der Waals surface area contributed by atoms with Crippen LogP contribution in [0.1, 0.15) is 106 Å². The highest BCUT2D eigenvalue weighted by Crippen LogP contribution is 2.43. The Labute approximate surface area is 445 Å². The molecular weight excluding hydrogens is 1010 g/mol. The minimum absolute atomic E-state index is 0.0160. The fourth-order valence-corrected chi connectivity index (χ4v) is 9.14. The van der Waals surface area contributed by atoms with Crippen LogP contribution in [0.4, 0.5) is 4.79 Å². The van der Waals surface area contributed by atoms with Gasteiger partial charge in [-0.2, -0.15) is 0 Å². The van der Waals surface area contributed by atoms with Gasteiger partial charge in [-0.05, 0) is 140 Å². The summed E-state index contributed by atoms with van der Waals surface area (Å²) in [6, 6.07) is 16.1. The van der Waals surface area contributed by atoms with Gasteiger partial charge in [-0.1, -0.05) is 31.0 Å². The van der Waals surface area contributed by atoms with Crippen LogP contribution in [-0.4, -0.2) is 115 Å². The third-order valence-corrected chi connectivity index (χ3v) is 13.1. The van der Waals surface area contributed by atoms with Gasteiger partial charge in [0.25, 0.3) is 0 Å². The van der Waals surface area contributed by atoms with Crippen LogP contribution >= 0.6 is 0 Å². The summed E-state index contributed by atoms with van der Waals surface area (Å²) in [4.78, 5) is 121. The van der Waals surface area contributed by atoms with Gasteiger partial charge >= 0.3 is 35.9 Å². The molecule has 5 amide bonds. The molecule has 412 valence electrons. The molecule has 11 N–H and O–H groups in total. The van der Waals surface area contributed by atoms with E-state index in [0.717, 1.165) is 0 Å². The number of urea groups is 1. The van der Waals surface area contributed by atoms with Gasteiger partial charge in [0.1, 0.15) is 35.0 Å². The molecular formula is C56H61N5O17. The number of fused-ring (bicyclic) bond motifs is 6. The maximum atomic E-state index is 13.3. The molecule has 78 heavy (non-hydrogen) atoms. The normalized spacial score (nSPS) is 12.4. The number of rotatable bonds is 30. The first-order valence-corrected chi connectivity index (χ1v) is 25.5. The molecule has 6 aromatic rings. The van der Waals surface area contributed by atoms with Crippen molar-refractivity contribution in [2.24, 2.45) is 0 Å². The molecule has 0 radical (unpaired) electrons. The Hall–Kier alpha value is -9.08. The van der Waals surface area contributed by atoms with E-state index in [0.29, 0.717) is 112 Å². The fourth-order valence-electron chi connectivity index (χ4n) is 9.14. The number of benzene rings is 5. The fraction of sp³-hybridized carbons (Fsp3) is 0.357. The van der Waals surface area contributed by atoms with Crippen molar-refractivity contribution in [1.82, 2.24) is 26.6 Å². The van der Waals surface area contributed by atoms with E-state index in [-0.39, 0.29) is 73.7 Å². The number of carbonyl (C=O) groups is 9. The first-order chi connectivity index (χ1) is 37.3. The summed E-state index contributed by atoms with van der Waals surface area (Å²) in [5.74, 6) is -7.46. The predicted octanol–water partition coefficient (Wildman–Crippen LogP) is 6.42. The SMILES string of the molecule is O=C(O)CCC(NC(=O)N[C@@H](CCCCNC(=O)CCCCCCC(=O)NC(CCCCNC(=O)Cc1ccc(C(=O)O)c(-c2c3ccc4cc(O)ccc4c3oc3c2ccc2cc(=O)ccc23)c1)C(=O)O)C(=O)O)C(=O)O. The van der Waals surface area contributed by atoms with Crippen LogP contribution in [0.5, 0.6) is 5.75 Å². The molecule has 3 atom stereocenters. The van der Waals surface area contributed by atoms with Crippen LogP contribution in [0.3, 0.4) is 0 Å². The minimum atomic E-state index is -1.52. The summed E-state index contributed by atoms with van der Waals surface area (Å²) >= 11 is 0. The van der Waals surface area contributed by atoms with Gasteiger partial charge in [0, 0.05) is 59.5 Å². The number of nitrogens with one attached hydrogen (secondary N) is 5. The van der Waals surface area contributed by atoms with Gasteiger partial charge in [-0.15, -0.1) is 0 Å². The molecule has 0 fully saturated rings. The monoisotopic (exact) mass is 1080 g/mol. The van der Waals surface area contributed by atoms with Crippen LogP contribution in [0.25, 0.3) is 54.6 Å². The number of aromatic hydroxyl groups is 1. The number of aromatic carboxylic acids is 1. The summed E-state index contributed by atoms with van der Waals surface area (Å²) in [5, 5.41) is 74.0. The number of carbonyl (C=O) groups excluding carboxylic acids is 4. The first-order valence-electron chi connectivity index (χ1n) is 25.5. The van der Waals surface area contributed by atoms with Crippen LogP contribution in [-0.2, 0) is 40.0 Å². The highest BCUT2D eigenvalue weighted by molar-refractivity contribution is 6.21. The molecule has 0 spiro atoms. The lowest BCUT2D eigenvalue weighted by Gasteiger charge is -2.18. The molecule has 6 rings (SSSR count). The maximum absolute atomic E-state index is 13.3. The summed E-state index contributed by atoms with van der Waals surface area (Å²) in [6.07, 6.45) is 3.04. The van der Waals surface area contributed by atoms with Gasteiger partial charge in [-0.25, -0.2) is 24.0 Å². The third kappa shape index (κ3) is 16.2. The smallest absolute Gasteiger partial charge is 0.336 e. The number of hydrogen-bond acceptors (Lipinski definition) is 12. The number of carboxylic acid groups (broad SMARTS) is 5. The van der Waals surface area contributed by atoms with E-state index in [1.54, 1.807) is 54.6 Å². The lowest BCUT2D eigenvalue weighted by atomic mass is 9.89. The molecule has 0 aliphatic carbocycles. The van der Waals surface area contributed by atoms with E-state index >= 15 is 0 Å². The number of unbranched alkanes of at least 4 members (excludes halogenated alkanes) is 5. The number of aliphatic carboxylic acids is 4. The second kappa shape index (κ2) is 27.6. The van der Waals surface area contributed by atoms with Crippen molar-refractivity contribution in [3.63, 3.8) is 0 Å². The van der Waals surface area contributed by atoms with Crippen molar-refractivity contribution in [1.29, 1.82) is 0 Å². The number of amides is 5. The zero-order valence-electron chi connectivity index (χ0n) is 42.4. The van der Waals surface area contributed by atoms with Crippen LogP contribution in [0, 0.1) is 0 Å². The second-order valence-corrected chi connectivity index (χ2v) is 18.9. The standard InChI is InChI=1S/C56H61N5O17/c62-34-16-21-36-32(29-34)14-19-39-49(40-20-15-33-30-35(63)17-22-37(33)51(40)78-50(36)39)41-27-31(13-18-38(41)52(69)70)28-47(66)58-26-8-5-9-42(53(71)72)59-46(65)12-4-2-1-3-11-45(64)57-25-7-6-10-43(54(73)74)60-56(77)61-44(55(75)76)23-24-48(67)68/h13-22,27,29-30,42-44,62H,1-12,23-26,28H2,(H,57,64)(H,58,66)(H,59,65)(H,67,68)(H,69,70)(H,71,72)(H,73,74)(H,75,76)(H2,60,61,77)/t42?,43-,44?/m0/s1. The Bertz CT molecular complexity index is 3320. The van der Waals surface area contributed by atoms with Crippen molar-refractivity contribution in [2.75, 3.05) is 13.1 Å². The van der Waals surface area contributed by atoms with Crippen molar-refractivity contribution in [3.8, 4) is 16.9 Å². The Morgan fingerprint density at radius 3 is 1.59 bits per heavy atom. The van der Waals surface area contributed by atoms with E-state index in [1.165, 1.54) is 24.3 Å². The highest BCUT2D eigenvalue weighted by Gasteiger charge is 2.26. The van der Waals surface area contributed by atoms with E-state index < -0.39 is 72.8 Å². The number of hydrogen-bond donors (Lipinski definition) is 11. The molecule has 22 nitrogen and oxygen atoms in total. The number of phenolic OH excluding ortho intramolecular Hbond substituents is 1. The van der Waals surface area contributed by atoms with Crippen molar-refractivity contribution >= 4 is 97.1 Å². The average molecular weight is 1080 g/mol. The zero-order valence-corrected chi connectivity index (χ0v) is 42.4. The molecule has 1 heterocycles. The molecule has 0 saturated carbocycles. The summed E-state index contributed by atoms with van der Waals surface area (Å²) in [5.41, 5.74) is 2.00. The third-order valence-electron chi connectivity index (χ3n) is 13.1. The van der Waals surface area contributed by atoms with E-state index in [4.69, 9.17) is 9.52 Å². The molecule has 22 heteroatoms. The van der Waals surface area contributed by atoms with Crippen molar-refractivity contribution < 1.29 is 78.2 Å². The predicted molar refractivity (Wildman–Crippen MR) is 285 cm³/mol. The summed E-state index contributed by atoms with van der Waals surface area (Å²) in [7, 11) is 0. The van der Waals surface area contributed by atoms with Gasteiger partial charge in [0.2, 0.25) is 17.7 Å². The van der Waals surface area contributed by atoms with Gasteiger partial charge in [-0.3, -0.25) is 24.0 Å². The Kier molecular flexibility index (Phi) is 20.6. The lowest BCUT2D eigenvalue weighted by molar-refractivity contribution is -0.142. The molecule has 5 aromatic carbocycles. The first kappa shape index (κ1) is 58.2. The Balaban J connectivity index is 0.911. The molecule has 2 unspecified atom stereocenters. The van der Waals surface area contributed by atoms with Crippen LogP contribution < -0.4 is 32.0 Å². The van der Waals surface area contributed by atoms with Gasteiger partial charge in [0.05, 0.1) is 12.0 Å². The lowest BCUT2D eigenvalue weighted by Crippen LogP contribution is -2.51. The Morgan fingerprint density at radius 2 is 1.01 bits per heavy atom. The molecule has 1 aromatic heterocycles. The van der Waals surface area contributed by atoms with Crippen LogP contribution in [0.15, 0.2) is 88.1 Å². The highest BCUT2D eigenvalue weighted by atomic mass is 16.4. The largest absolute Gasteiger partial charge is 0.508 e. The van der Waals surface area contributed by atoms with Crippen LogP contribution in [0.2, 0.25) is 0 Å². The molecule has 0 bridgehead atoms. The van der Waals surface area contributed by atoms with Crippen molar-refractivity contribution in [2.45, 2.75) is 114 Å². The number of phenols is 1. The van der Waals surface area contributed by atoms with Gasteiger partial charge in [0.15, 0.2) is 5.43 Å². The quantitative estimate of drug-likeness (QED) is 0.0132. The number of carboxylic acids is 5. The molecule has 0 aliphatic heterocycles. The maximum Gasteiger partial charge on any atom is 0.336 e. The summed E-state index contributed by atoms with van der Waals surface area (Å²) < 4.78 is 6.60. The second-order valence-electron chi connectivity index (χ2n) is 18.9. The topological polar surface area (TPSA) is 365 Å². The van der Waals surface area contributed by atoms with Gasteiger partial charge < -0.3 is 61.6 Å². The van der Waals surface area contributed by atoms with E-state index in [2.05, 4.69) is 26.6 Å². The average Bonchev–Trinajstić information content (AvgIpc) is 3.53. The van der Waals surface area contributed by atoms with Crippen molar-refractivity contribution in [3.05, 3.63) is 100 Å². The van der Waals surface area contributed by atoms with E-state index in [9.17, 15) is 73.5 Å².